The van der Waals surface area contributed by atoms with Gasteiger partial charge in [0.25, 0.3) is 5.24 Å². The lowest BCUT2D eigenvalue weighted by Crippen LogP contribution is -1.87. The van der Waals surface area contributed by atoms with Gasteiger partial charge in [0.1, 0.15) is 0 Å². The zero-order valence-corrected chi connectivity index (χ0v) is 10.4. The van der Waals surface area contributed by atoms with Crippen LogP contribution in [0.1, 0.15) is 28.8 Å². The molecule has 0 aliphatic carbocycles. The zero-order chi connectivity index (χ0) is 11.8. The van der Waals surface area contributed by atoms with Gasteiger partial charge in [-0.2, -0.15) is 0 Å². The fourth-order valence-electron chi connectivity index (χ4n) is 1.24. The van der Waals surface area contributed by atoms with E-state index in [0.29, 0.717) is 11.4 Å². The second kappa shape index (κ2) is 7.66. The molecule has 2 rings (SSSR count). The van der Waals surface area contributed by atoms with Crippen molar-refractivity contribution in [2.75, 3.05) is 13.2 Å². The molecule has 1 aromatic carbocycles. The summed E-state index contributed by atoms with van der Waals surface area (Å²) < 4.78 is 4.94. The van der Waals surface area contributed by atoms with Gasteiger partial charge in [0.2, 0.25) is 0 Å². The molecule has 0 saturated carbocycles. The lowest BCUT2D eigenvalue weighted by atomic mass is 10.2. The Morgan fingerprint density at radius 1 is 1.19 bits per heavy atom. The highest BCUT2D eigenvalue weighted by molar-refractivity contribution is 6.67. The number of hydrogen-bond acceptors (Lipinski definition) is 2. The minimum atomic E-state index is -0.439. The topological polar surface area (TPSA) is 26.3 Å². The van der Waals surface area contributed by atoms with Crippen molar-refractivity contribution in [2.45, 2.75) is 18.7 Å². The lowest BCUT2D eigenvalue weighted by Gasteiger charge is -1.95. The van der Waals surface area contributed by atoms with E-state index in [9.17, 15) is 4.79 Å². The van der Waals surface area contributed by atoms with E-state index in [4.69, 9.17) is 27.9 Å². The fourth-order valence-corrected chi connectivity index (χ4v) is 1.54. The molecule has 88 valence electrons. The minimum Gasteiger partial charge on any atom is -0.381 e. The molecule has 1 saturated heterocycles. The quantitative estimate of drug-likeness (QED) is 0.600. The number of hydrogen-bond donors (Lipinski definition) is 0. The van der Waals surface area contributed by atoms with E-state index in [0.717, 1.165) is 18.8 Å². The molecule has 0 bridgehead atoms. The van der Waals surface area contributed by atoms with Crippen molar-refractivity contribution in [1.82, 2.24) is 0 Å². The van der Waals surface area contributed by atoms with Crippen LogP contribution in [0.3, 0.4) is 0 Å². The number of benzene rings is 1. The molecular weight excluding hydrogens is 247 g/mol. The van der Waals surface area contributed by atoms with Crippen molar-refractivity contribution in [3.05, 3.63) is 35.4 Å². The molecule has 1 heterocycles. The Hall–Kier alpha value is -0.570. The Morgan fingerprint density at radius 3 is 2.06 bits per heavy atom. The van der Waals surface area contributed by atoms with Crippen molar-refractivity contribution in [1.29, 1.82) is 0 Å². The van der Waals surface area contributed by atoms with Crippen molar-refractivity contribution in [3.63, 3.8) is 0 Å². The first kappa shape index (κ1) is 13.5. The number of carbonyl (C=O) groups is 1. The molecule has 0 spiro atoms. The third-order valence-corrected chi connectivity index (χ3v) is 2.69. The standard InChI is InChI=1S/C8H6Cl2O.C4H8O/c9-5-6-1-3-7(4-2-6)8(10)11;1-2-4-5-3-1/h1-4H,5H2;1-4H2. The van der Waals surface area contributed by atoms with Crippen molar-refractivity contribution in [2.24, 2.45) is 0 Å². The maximum Gasteiger partial charge on any atom is 0.252 e. The summed E-state index contributed by atoms with van der Waals surface area (Å²) >= 11 is 10.8. The third-order valence-electron chi connectivity index (χ3n) is 2.16. The Kier molecular flexibility index (Phi) is 6.46. The number of carbonyl (C=O) groups excluding carboxylic acids is 1. The van der Waals surface area contributed by atoms with E-state index in [1.165, 1.54) is 12.8 Å². The van der Waals surface area contributed by atoms with Crippen LogP contribution in [-0.2, 0) is 10.6 Å². The van der Waals surface area contributed by atoms with Gasteiger partial charge < -0.3 is 4.74 Å². The molecule has 0 amide bonds. The van der Waals surface area contributed by atoms with Gasteiger partial charge in [-0.15, -0.1) is 11.6 Å². The fraction of sp³-hybridized carbons (Fsp3) is 0.417. The Labute approximate surface area is 106 Å². The van der Waals surface area contributed by atoms with E-state index in [1.54, 1.807) is 24.3 Å². The Balaban J connectivity index is 0.000000212. The smallest absolute Gasteiger partial charge is 0.252 e. The summed E-state index contributed by atoms with van der Waals surface area (Å²) in [6.45, 7) is 2.00. The average Bonchev–Trinajstić information content (AvgIpc) is 2.88. The van der Waals surface area contributed by atoms with Gasteiger partial charge in [0.15, 0.2) is 0 Å². The molecule has 1 aliphatic heterocycles. The first-order valence-corrected chi connectivity index (χ1v) is 6.08. The SMILES string of the molecule is C1CCOC1.O=C(Cl)c1ccc(CCl)cc1. The first-order chi connectivity index (χ1) is 7.74. The summed E-state index contributed by atoms with van der Waals surface area (Å²) in [5, 5.41) is -0.439. The summed E-state index contributed by atoms with van der Waals surface area (Å²) in [6, 6.07) is 6.88. The molecule has 2 nitrogen and oxygen atoms in total. The zero-order valence-electron chi connectivity index (χ0n) is 8.92. The van der Waals surface area contributed by atoms with Gasteiger partial charge in [-0.1, -0.05) is 12.1 Å². The van der Waals surface area contributed by atoms with Crippen molar-refractivity contribution in [3.8, 4) is 0 Å². The molecule has 0 radical (unpaired) electrons. The van der Waals surface area contributed by atoms with Gasteiger partial charge in [-0.05, 0) is 42.1 Å². The second-order valence-electron chi connectivity index (χ2n) is 3.42. The summed E-state index contributed by atoms with van der Waals surface area (Å²) in [7, 11) is 0. The minimum absolute atomic E-state index is 0.439. The van der Waals surface area contributed by atoms with E-state index < -0.39 is 5.24 Å². The highest BCUT2D eigenvalue weighted by atomic mass is 35.5. The van der Waals surface area contributed by atoms with Crippen LogP contribution in [0.25, 0.3) is 0 Å². The van der Waals surface area contributed by atoms with E-state index in [1.807, 2.05) is 0 Å². The van der Waals surface area contributed by atoms with Gasteiger partial charge >= 0.3 is 0 Å². The molecular formula is C12H14Cl2O2. The van der Waals surface area contributed by atoms with Gasteiger partial charge in [0, 0.05) is 24.7 Å². The van der Waals surface area contributed by atoms with Crippen LogP contribution < -0.4 is 0 Å². The summed E-state index contributed by atoms with van der Waals surface area (Å²) in [4.78, 5) is 10.6. The maximum absolute atomic E-state index is 10.6. The van der Waals surface area contributed by atoms with Gasteiger partial charge in [0.05, 0.1) is 0 Å². The number of ether oxygens (including phenoxy) is 1. The van der Waals surface area contributed by atoms with Gasteiger partial charge in [-0.25, -0.2) is 0 Å². The first-order valence-electron chi connectivity index (χ1n) is 5.16. The summed E-state index contributed by atoms with van der Waals surface area (Å²) in [5.74, 6) is 0.455. The largest absolute Gasteiger partial charge is 0.381 e. The molecule has 0 atom stereocenters. The van der Waals surface area contributed by atoms with E-state index >= 15 is 0 Å². The predicted molar refractivity (Wildman–Crippen MR) is 66.2 cm³/mol. The molecule has 4 heteroatoms. The third kappa shape index (κ3) is 4.97. The molecule has 1 aliphatic rings. The molecule has 1 fully saturated rings. The van der Waals surface area contributed by atoms with Crippen molar-refractivity contribution < 1.29 is 9.53 Å². The number of rotatable bonds is 2. The van der Waals surface area contributed by atoms with Crippen LogP contribution >= 0.6 is 23.2 Å². The Bertz CT molecular complexity index is 311. The van der Waals surface area contributed by atoms with Crippen LogP contribution in [0, 0.1) is 0 Å². The molecule has 0 aromatic heterocycles. The summed E-state index contributed by atoms with van der Waals surface area (Å²) in [5.41, 5.74) is 1.48. The maximum atomic E-state index is 10.6. The normalized spacial score (nSPS) is 14.1. The molecule has 0 unspecified atom stereocenters. The lowest BCUT2D eigenvalue weighted by molar-refractivity contribution is 0.108. The van der Waals surface area contributed by atoms with Gasteiger partial charge in [-0.3, -0.25) is 4.79 Å². The van der Waals surface area contributed by atoms with E-state index in [2.05, 4.69) is 0 Å². The highest BCUT2D eigenvalue weighted by Crippen LogP contribution is 2.08. The van der Waals surface area contributed by atoms with Crippen LogP contribution in [0.2, 0.25) is 0 Å². The average molecular weight is 261 g/mol. The highest BCUT2D eigenvalue weighted by Gasteiger charge is 1.99. The van der Waals surface area contributed by atoms with Crippen LogP contribution in [0.15, 0.2) is 24.3 Å². The van der Waals surface area contributed by atoms with Crippen LogP contribution in [0.4, 0.5) is 0 Å². The van der Waals surface area contributed by atoms with Crippen LogP contribution in [0.5, 0.6) is 0 Å². The predicted octanol–water partition coefficient (Wildman–Crippen LogP) is 3.60. The van der Waals surface area contributed by atoms with Crippen LogP contribution in [-0.4, -0.2) is 18.5 Å². The summed E-state index contributed by atoms with van der Waals surface area (Å²) in [6.07, 6.45) is 2.56. The van der Waals surface area contributed by atoms with Crippen molar-refractivity contribution >= 4 is 28.4 Å². The number of halogens is 2. The monoisotopic (exact) mass is 260 g/mol. The van der Waals surface area contributed by atoms with E-state index in [-0.39, 0.29) is 0 Å². The Morgan fingerprint density at radius 2 is 1.75 bits per heavy atom. The molecule has 16 heavy (non-hydrogen) atoms. The molecule has 1 aromatic rings. The number of alkyl halides is 1. The molecule has 0 N–H and O–H groups in total. The second-order valence-corrected chi connectivity index (χ2v) is 4.03.